The largest absolute Gasteiger partial charge is 0.497 e. The highest BCUT2D eigenvalue weighted by Gasteiger charge is 2.29. The van der Waals surface area contributed by atoms with Crippen molar-refractivity contribution in [1.82, 2.24) is 0 Å². The van der Waals surface area contributed by atoms with Crippen LogP contribution in [0.2, 0.25) is 0 Å². The van der Waals surface area contributed by atoms with Crippen LogP contribution in [0, 0.1) is 0 Å². The van der Waals surface area contributed by atoms with E-state index in [1.807, 2.05) is 0 Å². The van der Waals surface area contributed by atoms with E-state index < -0.39 is 22.0 Å². The van der Waals surface area contributed by atoms with Crippen LogP contribution in [-0.4, -0.2) is 33.7 Å². The van der Waals surface area contributed by atoms with E-state index in [4.69, 9.17) is 4.74 Å². The Morgan fingerprint density at radius 2 is 1.84 bits per heavy atom. The summed E-state index contributed by atoms with van der Waals surface area (Å²) in [5, 5.41) is 2.72. The summed E-state index contributed by atoms with van der Waals surface area (Å²) >= 11 is 3.32. The Hall–Kier alpha value is -2.06. The van der Waals surface area contributed by atoms with Crippen LogP contribution in [0.4, 0.5) is 11.4 Å². The minimum absolute atomic E-state index is 0.361. The molecule has 0 aromatic heterocycles. The van der Waals surface area contributed by atoms with E-state index in [0.29, 0.717) is 17.1 Å². The van der Waals surface area contributed by atoms with E-state index in [-0.39, 0.29) is 0 Å². The second-order valence-electron chi connectivity index (χ2n) is 5.43. The number of sulfonamides is 1. The lowest BCUT2D eigenvalue weighted by Crippen LogP contribution is -2.45. The first-order valence-corrected chi connectivity index (χ1v) is 10.1. The Bertz CT molecular complexity index is 853. The molecule has 0 bridgehead atoms. The van der Waals surface area contributed by atoms with Crippen LogP contribution < -0.4 is 14.4 Å². The predicted octanol–water partition coefficient (Wildman–Crippen LogP) is 3.25. The van der Waals surface area contributed by atoms with Crippen LogP contribution >= 0.6 is 15.9 Å². The molecule has 1 N–H and O–H groups in total. The van der Waals surface area contributed by atoms with Crippen LogP contribution in [0.15, 0.2) is 53.0 Å². The number of methoxy groups -OCH3 is 1. The molecule has 8 heteroatoms. The van der Waals surface area contributed by atoms with Gasteiger partial charge in [-0.05, 0) is 43.3 Å². The number of halogens is 1. The zero-order chi connectivity index (χ0) is 18.6. The number of benzene rings is 2. The van der Waals surface area contributed by atoms with E-state index in [1.165, 1.54) is 14.0 Å². The topological polar surface area (TPSA) is 75.7 Å². The highest BCUT2D eigenvalue weighted by atomic mass is 79.9. The molecular formula is C17H19BrN2O4S. The van der Waals surface area contributed by atoms with Crippen molar-refractivity contribution in [3.63, 3.8) is 0 Å². The average molecular weight is 427 g/mol. The van der Waals surface area contributed by atoms with Crippen molar-refractivity contribution < 1.29 is 17.9 Å². The fourth-order valence-corrected chi connectivity index (χ4v) is 3.77. The Kier molecular flexibility index (Phi) is 6.07. The second kappa shape index (κ2) is 7.88. The maximum Gasteiger partial charge on any atom is 0.247 e. The molecule has 0 heterocycles. The summed E-state index contributed by atoms with van der Waals surface area (Å²) in [6.45, 7) is 1.54. The van der Waals surface area contributed by atoms with Gasteiger partial charge in [0.05, 0.1) is 19.1 Å². The number of nitrogens with zero attached hydrogens (tertiary/aromatic N) is 1. The maximum atomic E-state index is 12.6. The van der Waals surface area contributed by atoms with Crippen LogP contribution in [0.1, 0.15) is 6.92 Å². The third-order valence-corrected chi connectivity index (χ3v) is 5.28. The quantitative estimate of drug-likeness (QED) is 0.768. The number of anilines is 2. The van der Waals surface area contributed by atoms with E-state index >= 15 is 0 Å². The van der Waals surface area contributed by atoms with Gasteiger partial charge in [0, 0.05) is 16.2 Å². The van der Waals surface area contributed by atoms with Crippen LogP contribution in [0.5, 0.6) is 5.75 Å². The molecule has 1 amide bonds. The van der Waals surface area contributed by atoms with Crippen LogP contribution in [0.25, 0.3) is 0 Å². The highest BCUT2D eigenvalue weighted by Crippen LogP contribution is 2.25. The Labute approximate surface area is 156 Å². The molecule has 0 aliphatic heterocycles. The molecule has 134 valence electrons. The number of carbonyl (C=O) groups is 1. The molecular weight excluding hydrogens is 408 g/mol. The van der Waals surface area contributed by atoms with Gasteiger partial charge in [0.15, 0.2) is 0 Å². The van der Waals surface area contributed by atoms with Crippen molar-refractivity contribution in [2.75, 3.05) is 23.0 Å². The number of hydrogen-bond donors (Lipinski definition) is 1. The van der Waals surface area contributed by atoms with Crippen molar-refractivity contribution in [2.24, 2.45) is 0 Å². The first-order chi connectivity index (χ1) is 11.7. The molecule has 0 fully saturated rings. The monoisotopic (exact) mass is 426 g/mol. The summed E-state index contributed by atoms with van der Waals surface area (Å²) in [7, 11) is -2.18. The van der Waals surface area contributed by atoms with E-state index in [1.54, 1.807) is 48.5 Å². The fraction of sp³-hybridized carbons (Fsp3) is 0.235. The zero-order valence-corrected chi connectivity index (χ0v) is 16.5. The summed E-state index contributed by atoms with van der Waals surface area (Å²) in [6.07, 6.45) is 1.07. The van der Waals surface area contributed by atoms with Crippen LogP contribution in [0.3, 0.4) is 0 Å². The number of nitrogens with one attached hydrogen (secondary N) is 1. The first-order valence-electron chi connectivity index (χ1n) is 7.42. The average Bonchev–Trinajstić information content (AvgIpc) is 2.56. The molecule has 0 aliphatic carbocycles. The molecule has 0 saturated carbocycles. The molecule has 0 spiro atoms. The number of hydrogen-bond acceptors (Lipinski definition) is 4. The van der Waals surface area contributed by atoms with Crippen molar-refractivity contribution in [3.05, 3.63) is 53.0 Å². The van der Waals surface area contributed by atoms with Crippen molar-refractivity contribution in [2.45, 2.75) is 13.0 Å². The molecule has 25 heavy (non-hydrogen) atoms. The molecule has 6 nitrogen and oxygen atoms in total. The fourth-order valence-electron chi connectivity index (χ4n) is 2.34. The van der Waals surface area contributed by atoms with Gasteiger partial charge in [0.25, 0.3) is 0 Å². The minimum atomic E-state index is -3.68. The number of rotatable bonds is 6. The molecule has 0 aliphatic rings. The van der Waals surface area contributed by atoms with Gasteiger partial charge in [0.2, 0.25) is 15.9 Å². The van der Waals surface area contributed by atoms with E-state index in [0.717, 1.165) is 15.0 Å². The van der Waals surface area contributed by atoms with Crippen molar-refractivity contribution in [1.29, 1.82) is 0 Å². The van der Waals surface area contributed by atoms with Gasteiger partial charge in [-0.1, -0.05) is 22.0 Å². The lowest BCUT2D eigenvalue weighted by atomic mass is 10.2. The van der Waals surface area contributed by atoms with Gasteiger partial charge in [-0.3, -0.25) is 9.10 Å². The van der Waals surface area contributed by atoms with Gasteiger partial charge in [-0.2, -0.15) is 0 Å². The van der Waals surface area contributed by atoms with Gasteiger partial charge < -0.3 is 10.1 Å². The number of amides is 1. The van der Waals surface area contributed by atoms with Gasteiger partial charge in [0.1, 0.15) is 11.8 Å². The third-order valence-electron chi connectivity index (χ3n) is 3.51. The van der Waals surface area contributed by atoms with Gasteiger partial charge in [-0.15, -0.1) is 0 Å². The summed E-state index contributed by atoms with van der Waals surface area (Å²) in [6, 6.07) is 12.7. The number of carbonyl (C=O) groups excluding carboxylic acids is 1. The highest BCUT2D eigenvalue weighted by molar-refractivity contribution is 9.10. The predicted molar refractivity (Wildman–Crippen MR) is 103 cm³/mol. The number of ether oxygens (including phenoxy) is 1. The summed E-state index contributed by atoms with van der Waals surface area (Å²) in [4.78, 5) is 12.6. The lowest BCUT2D eigenvalue weighted by Gasteiger charge is -2.28. The molecule has 0 saturated heterocycles. The normalized spacial score (nSPS) is 12.3. The molecule has 2 aromatic carbocycles. The SMILES string of the molecule is COc1cccc(N([C@@H](C)C(=O)Nc2ccc(Br)cc2)S(C)(=O)=O)c1. The first kappa shape index (κ1) is 19.3. The second-order valence-corrected chi connectivity index (χ2v) is 8.21. The lowest BCUT2D eigenvalue weighted by molar-refractivity contribution is -0.116. The molecule has 2 rings (SSSR count). The Balaban J connectivity index is 2.30. The van der Waals surface area contributed by atoms with Crippen molar-refractivity contribution in [3.8, 4) is 5.75 Å². The summed E-state index contributed by atoms with van der Waals surface area (Å²) < 4.78 is 31.6. The van der Waals surface area contributed by atoms with Gasteiger partial charge >= 0.3 is 0 Å². The maximum absolute atomic E-state index is 12.6. The molecule has 2 aromatic rings. The Morgan fingerprint density at radius 1 is 1.20 bits per heavy atom. The van der Waals surface area contributed by atoms with E-state index in [2.05, 4.69) is 21.2 Å². The van der Waals surface area contributed by atoms with Crippen LogP contribution in [-0.2, 0) is 14.8 Å². The summed E-state index contributed by atoms with van der Waals surface area (Å²) in [5.74, 6) is 0.0715. The van der Waals surface area contributed by atoms with Crippen molar-refractivity contribution >= 4 is 43.2 Å². The zero-order valence-electron chi connectivity index (χ0n) is 14.1. The third kappa shape index (κ3) is 4.96. The van der Waals surface area contributed by atoms with E-state index in [9.17, 15) is 13.2 Å². The standard InChI is InChI=1S/C17H19BrN2O4S/c1-12(17(21)19-14-9-7-13(18)8-10-14)20(25(3,22)23)15-5-4-6-16(11-15)24-2/h4-12H,1-3H3,(H,19,21)/t12-/m0/s1. The summed E-state index contributed by atoms with van der Waals surface area (Å²) in [5.41, 5.74) is 0.944. The van der Waals surface area contributed by atoms with Gasteiger partial charge in [-0.25, -0.2) is 8.42 Å². The molecule has 1 atom stereocenters. The molecule has 0 radical (unpaired) electrons. The minimum Gasteiger partial charge on any atom is -0.497 e. The smallest absolute Gasteiger partial charge is 0.247 e. The Morgan fingerprint density at radius 3 is 2.40 bits per heavy atom. The molecule has 0 unspecified atom stereocenters.